The van der Waals surface area contributed by atoms with E-state index in [0.29, 0.717) is 17.4 Å². The summed E-state index contributed by atoms with van der Waals surface area (Å²) in [6.07, 6.45) is -4.60. The van der Waals surface area contributed by atoms with E-state index < -0.39 is 27.5 Å². The van der Waals surface area contributed by atoms with E-state index in [9.17, 15) is 31.2 Å². The number of carbonyl (C=O) groups excluding carboxylic acids is 2. The van der Waals surface area contributed by atoms with Gasteiger partial charge in [0.15, 0.2) is 10.9 Å². The zero-order valence-corrected chi connectivity index (χ0v) is 15.6. The maximum atomic E-state index is 12.7. The second-order valence-electron chi connectivity index (χ2n) is 5.01. The molecular weight excluding hydrogens is 411 g/mol. The molecule has 0 saturated carbocycles. The maximum Gasteiger partial charge on any atom is 0.416 e. The highest BCUT2D eigenvalue weighted by molar-refractivity contribution is 8.14. The number of rotatable bonds is 6. The number of hydrogen-bond donors (Lipinski definition) is 1. The highest BCUT2D eigenvalue weighted by atomic mass is 32.2. The van der Waals surface area contributed by atoms with Crippen molar-refractivity contribution in [2.75, 3.05) is 10.5 Å². The molecule has 2 aromatic rings. The first-order valence-corrected chi connectivity index (χ1v) is 10.2. The number of thiophene rings is 1. The van der Waals surface area contributed by atoms with Gasteiger partial charge in [-0.05, 0) is 30.3 Å². The molecule has 2 rings (SSSR count). The number of Topliss-reactive ketones (excluding diaryl/α,β-unsaturated/α-hetero) is 1. The predicted molar refractivity (Wildman–Crippen MR) is 94.0 cm³/mol. The van der Waals surface area contributed by atoms with Gasteiger partial charge in [-0.3, -0.25) is 14.3 Å². The molecule has 1 aromatic heterocycles. The third-order valence-corrected chi connectivity index (χ3v) is 6.78. The Labute approximate surface area is 155 Å². The smallest absolute Gasteiger partial charge is 0.292 e. The van der Waals surface area contributed by atoms with E-state index in [-0.39, 0.29) is 25.6 Å². The van der Waals surface area contributed by atoms with Gasteiger partial charge in [-0.2, -0.15) is 13.2 Å². The summed E-state index contributed by atoms with van der Waals surface area (Å²) in [5.74, 6) is -0.521. The monoisotopic (exact) mass is 423 g/mol. The van der Waals surface area contributed by atoms with Crippen molar-refractivity contribution in [1.82, 2.24) is 0 Å². The molecule has 26 heavy (non-hydrogen) atoms. The number of benzene rings is 1. The van der Waals surface area contributed by atoms with Gasteiger partial charge in [-0.25, -0.2) is 8.42 Å². The minimum absolute atomic E-state index is 0.115. The second-order valence-corrected chi connectivity index (χ2v) is 9.15. The third kappa shape index (κ3) is 5.32. The van der Waals surface area contributed by atoms with Crippen molar-refractivity contribution in [3.63, 3.8) is 0 Å². The Kier molecular flexibility index (Phi) is 6.14. The summed E-state index contributed by atoms with van der Waals surface area (Å²) < 4.78 is 64.6. The summed E-state index contributed by atoms with van der Waals surface area (Å²) in [5.41, 5.74) is -1.23. The van der Waals surface area contributed by atoms with Gasteiger partial charge in [-0.15, -0.1) is 11.3 Å². The highest BCUT2D eigenvalue weighted by Crippen LogP contribution is 2.32. The Bertz CT molecular complexity index is 936. The Hall–Kier alpha value is -1.85. The lowest BCUT2D eigenvalue weighted by Gasteiger charge is -2.10. The maximum absolute atomic E-state index is 12.7. The number of ketones is 1. The SMILES string of the molecule is CC(=O)SCC(=O)c1ccc(S(=O)(=O)Nc2cccc(C(F)(F)F)c2)s1. The molecule has 0 aliphatic rings. The van der Waals surface area contributed by atoms with Crippen molar-refractivity contribution in [3.05, 3.63) is 46.8 Å². The van der Waals surface area contributed by atoms with Gasteiger partial charge in [0.1, 0.15) is 4.21 Å². The van der Waals surface area contributed by atoms with Gasteiger partial charge >= 0.3 is 6.18 Å². The average Bonchev–Trinajstić information content (AvgIpc) is 3.02. The lowest BCUT2D eigenvalue weighted by atomic mass is 10.2. The molecule has 0 unspecified atom stereocenters. The number of nitrogens with one attached hydrogen (secondary N) is 1. The Morgan fingerprint density at radius 3 is 2.50 bits per heavy atom. The minimum Gasteiger partial charge on any atom is -0.292 e. The average molecular weight is 423 g/mol. The van der Waals surface area contributed by atoms with Crippen LogP contribution in [0.15, 0.2) is 40.6 Å². The number of halogens is 3. The van der Waals surface area contributed by atoms with Gasteiger partial charge < -0.3 is 0 Å². The second kappa shape index (κ2) is 7.80. The molecule has 11 heteroatoms. The Morgan fingerprint density at radius 2 is 1.88 bits per heavy atom. The normalized spacial score (nSPS) is 12.0. The molecule has 0 amide bonds. The summed E-state index contributed by atoms with van der Waals surface area (Å²) in [6, 6.07) is 6.27. The van der Waals surface area contributed by atoms with Crippen molar-refractivity contribution in [3.8, 4) is 0 Å². The van der Waals surface area contributed by atoms with Crippen molar-refractivity contribution in [2.45, 2.75) is 17.3 Å². The molecular formula is C15H12F3NO4S3. The quantitative estimate of drug-likeness (QED) is 0.710. The lowest BCUT2D eigenvalue weighted by Crippen LogP contribution is -2.12. The first-order valence-electron chi connectivity index (χ1n) is 6.95. The van der Waals surface area contributed by atoms with Gasteiger partial charge in [0, 0.05) is 12.6 Å². The fourth-order valence-electron chi connectivity index (χ4n) is 1.82. The van der Waals surface area contributed by atoms with Crippen molar-refractivity contribution in [2.24, 2.45) is 0 Å². The zero-order chi connectivity index (χ0) is 19.5. The topological polar surface area (TPSA) is 80.3 Å². The van der Waals surface area contributed by atoms with Crippen LogP contribution in [-0.4, -0.2) is 25.1 Å². The Morgan fingerprint density at radius 1 is 1.19 bits per heavy atom. The largest absolute Gasteiger partial charge is 0.416 e. The van der Waals surface area contributed by atoms with E-state index in [0.717, 1.165) is 23.9 Å². The molecule has 0 saturated heterocycles. The summed E-state index contributed by atoms with van der Waals surface area (Å²) in [4.78, 5) is 22.9. The van der Waals surface area contributed by atoms with Crippen LogP contribution in [0.25, 0.3) is 0 Å². The number of anilines is 1. The minimum atomic E-state index is -4.60. The highest BCUT2D eigenvalue weighted by Gasteiger charge is 2.31. The predicted octanol–water partition coefficient (Wildman–Crippen LogP) is 4.03. The van der Waals surface area contributed by atoms with E-state index in [1.54, 1.807) is 0 Å². The standard InChI is InChI=1S/C15H12F3NO4S3/c1-9(20)24-8-12(21)13-5-6-14(25-13)26(22,23)19-11-4-2-3-10(7-11)15(16,17)18/h2-7,19H,8H2,1H3. The van der Waals surface area contributed by atoms with Crippen LogP contribution in [0.5, 0.6) is 0 Å². The van der Waals surface area contributed by atoms with Crippen LogP contribution < -0.4 is 4.72 Å². The number of thioether (sulfide) groups is 1. The van der Waals surface area contributed by atoms with Crippen LogP contribution in [0, 0.1) is 0 Å². The molecule has 5 nitrogen and oxygen atoms in total. The fraction of sp³-hybridized carbons (Fsp3) is 0.200. The van der Waals surface area contributed by atoms with Crippen LogP contribution in [0.2, 0.25) is 0 Å². The fourth-order valence-corrected chi connectivity index (χ4v) is 4.69. The molecule has 140 valence electrons. The van der Waals surface area contributed by atoms with E-state index in [4.69, 9.17) is 0 Å². The van der Waals surface area contributed by atoms with Crippen molar-refractivity contribution in [1.29, 1.82) is 0 Å². The van der Waals surface area contributed by atoms with Gasteiger partial charge in [0.05, 0.1) is 16.2 Å². The number of alkyl halides is 3. The van der Waals surface area contributed by atoms with Crippen LogP contribution in [-0.2, 0) is 21.0 Å². The van der Waals surface area contributed by atoms with Crippen molar-refractivity contribution < 1.29 is 31.2 Å². The third-order valence-electron chi connectivity index (χ3n) is 2.97. The van der Waals surface area contributed by atoms with Crippen LogP contribution >= 0.6 is 23.1 Å². The lowest BCUT2D eigenvalue weighted by molar-refractivity contribution is -0.137. The van der Waals surface area contributed by atoms with Gasteiger partial charge in [0.2, 0.25) is 0 Å². The molecule has 0 spiro atoms. The number of carbonyl (C=O) groups is 2. The van der Waals surface area contributed by atoms with Crippen LogP contribution in [0.1, 0.15) is 22.2 Å². The summed E-state index contributed by atoms with van der Waals surface area (Å²) in [6.45, 7) is 1.31. The van der Waals surface area contributed by atoms with E-state index in [2.05, 4.69) is 4.72 Å². The van der Waals surface area contributed by atoms with E-state index in [1.165, 1.54) is 25.1 Å². The summed E-state index contributed by atoms with van der Waals surface area (Å²) >= 11 is 1.49. The molecule has 0 atom stereocenters. The van der Waals surface area contributed by atoms with Crippen molar-refractivity contribution >= 4 is 49.7 Å². The number of hydrogen-bond acceptors (Lipinski definition) is 6. The molecule has 0 aliphatic heterocycles. The number of sulfonamides is 1. The molecule has 1 heterocycles. The summed E-state index contributed by atoms with van der Waals surface area (Å²) in [5, 5.41) is -0.242. The Balaban J connectivity index is 2.19. The first kappa shape index (κ1) is 20.5. The van der Waals surface area contributed by atoms with Crippen LogP contribution in [0.4, 0.5) is 18.9 Å². The molecule has 0 fully saturated rings. The molecule has 0 aliphatic carbocycles. The molecule has 1 N–H and O–H groups in total. The molecule has 0 radical (unpaired) electrons. The molecule has 0 bridgehead atoms. The van der Waals surface area contributed by atoms with Gasteiger partial charge in [0.25, 0.3) is 10.0 Å². The van der Waals surface area contributed by atoms with Gasteiger partial charge in [-0.1, -0.05) is 17.8 Å². The first-order chi connectivity index (χ1) is 12.0. The zero-order valence-electron chi connectivity index (χ0n) is 13.2. The van der Waals surface area contributed by atoms with Crippen LogP contribution in [0.3, 0.4) is 0 Å². The molecule has 1 aromatic carbocycles. The van der Waals surface area contributed by atoms with E-state index in [1.807, 2.05) is 0 Å². The van der Waals surface area contributed by atoms with E-state index >= 15 is 0 Å². The summed E-state index contributed by atoms with van der Waals surface area (Å²) in [7, 11) is -4.14.